The van der Waals surface area contributed by atoms with Crippen LogP contribution in [0.25, 0.3) is 0 Å². The molecular formula is C10H8BeCl2O6S2. The van der Waals surface area contributed by atoms with E-state index in [-0.39, 0.29) is 10.1 Å². The quantitative estimate of drug-likeness (QED) is 0.241. The van der Waals surface area contributed by atoms with Gasteiger partial charge in [-0.2, -0.15) is 0 Å². The van der Waals surface area contributed by atoms with Crippen LogP contribution in [0.2, 0.25) is 0 Å². The molecule has 0 rings (SSSR count). The van der Waals surface area contributed by atoms with E-state index in [1.165, 1.54) is 0 Å². The first kappa shape index (κ1) is 25.2. The van der Waals surface area contributed by atoms with E-state index in [9.17, 15) is 29.4 Å². The Morgan fingerprint density at radius 2 is 1.00 bits per heavy atom. The zero-order valence-electron chi connectivity index (χ0n) is 10.9. The van der Waals surface area contributed by atoms with Crippen LogP contribution in [0.1, 0.15) is 13.8 Å². The average molecular weight is 368 g/mol. The maximum Gasteiger partial charge on any atom is 2.00 e. The molecule has 112 valence electrons. The molecule has 0 aromatic rings. The van der Waals surface area contributed by atoms with E-state index in [1.54, 1.807) is 0 Å². The number of carbonyl (C=O) groups excluding carboxylic acids is 4. The zero-order chi connectivity index (χ0) is 16.6. The number of thiocarbonyl (C=S) groups is 2. The minimum atomic E-state index is -1.40. The molecule has 0 saturated carbocycles. The zero-order valence-corrected chi connectivity index (χ0v) is 14.0. The summed E-state index contributed by atoms with van der Waals surface area (Å²) in [6.07, 6.45) is 0. The van der Waals surface area contributed by atoms with Gasteiger partial charge in [0.2, 0.25) is 0 Å². The predicted octanol–water partition coefficient (Wildman–Crippen LogP) is -1.50. The molecule has 2 unspecified atom stereocenters. The molecule has 0 aliphatic rings. The number of hydrogen-bond donors (Lipinski definition) is 0. The summed E-state index contributed by atoms with van der Waals surface area (Å²) in [5.74, 6) is -3.18. The van der Waals surface area contributed by atoms with E-state index < -0.39 is 44.0 Å². The summed E-state index contributed by atoms with van der Waals surface area (Å²) >= 11 is 18.3. The molecule has 11 heteroatoms. The Bertz CT molecular complexity index is 426. The van der Waals surface area contributed by atoms with Gasteiger partial charge in [-0.05, 0) is 13.8 Å². The monoisotopic (exact) mass is 367 g/mol. The molecule has 0 saturated heterocycles. The van der Waals surface area contributed by atoms with Crippen LogP contribution in [0.3, 0.4) is 0 Å². The first-order valence-corrected chi connectivity index (χ1v) is 6.41. The summed E-state index contributed by atoms with van der Waals surface area (Å²) in [6.45, 7) is 2.24. The molecule has 0 fully saturated rings. The second kappa shape index (κ2) is 11.8. The molecule has 0 aromatic heterocycles. The van der Waals surface area contributed by atoms with Crippen molar-refractivity contribution < 1.29 is 29.4 Å². The number of alkyl halides is 2. The smallest absolute Gasteiger partial charge is 0.862 e. The molecule has 21 heavy (non-hydrogen) atoms. The summed E-state index contributed by atoms with van der Waals surface area (Å²) in [6, 6.07) is 0. The molecule has 6 nitrogen and oxygen atoms in total. The van der Waals surface area contributed by atoms with Gasteiger partial charge in [0.1, 0.15) is 0 Å². The minimum Gasteiger partial charge on any atom is -0.862 e. The topological polar surface area (TPSA) is 114 Å². The van der Waals surface area contributed by atoms with Crippen LogP contribution >= 0.6 is 47.6 Å². The SMILES string of the molecule is CC(=O)C(Cl)C(=O)C([O-])=S.CC(=O)C(Cl)C(=O)C([O-])=S.[Be+2]. The van der Waals surface area contributed by atoms with Crippen molar-refractivity contribution in [3.05, 3.63) is 0 Å². The van der Waals surface area contributed by atoms with Gasteiger partial charge in [-0.1, -0.05) is 24.4 Å². The first-order chi connectivity index (χ1) is 8.93. The van der Waals surface area contributed by atoms with Gasteiger partial charge >= 0.3 is 10.1 Å². The van der Waals surface area contributed by atoms with Crippen LogP contribution in [0.15, 0.2) is 0 Å². The molecule has 0 aliphatic heterocycles. The van der Waals surface area contributed by atoms with Gasteiger partial charge in [0.15, 0.2) is 33.9 Å². The summed E-state index contributed by atoms with van der Waals surface area (Å²) < 4.78 is 0. The predicted molar refractivity (Wildman–Crippen MR) is 81.6 cm³/mol. The summed E-state index contributed by atoms with van der Waals surface area (Å²) in [5, 5.41) is 15.2. The van der Waals surface area contributed by atoms with E-state index in [0.29, 0.717) is 0 Å². The Hall–Kier alpha value is -0.791. The van der Waals surface area contributed by atoms with Gasteiger partial charge < -0.3 is 10.2 Å². The van der Waals surface area contributed by atoms with Crippen LogP contribution in [-0.4, -0.2) is 54.1 Å². The van der Waals surface area contributed by atoms with Crippen molar-refractivity contribution in [1.29, 1.82) is 0 Å². The number of ketones is 4. The average Bonchev–Trinajstić information content (AvgIpc) is 2.35. The number of hydrogen-bond acceptors (Lipinski definition) is 8. The molecule has 2 atom stereocenters. The Labute approximate surface area is 145 Å². The van der Waals surface area contributed by atoms with Crippen molar-refractivity contribution in [1.82, 2.24) is 0 Å². The van der Waals surface area contributed by atoms with Gasteiger partial charge in [-0.25, -0.2) is 0 Å². The van der Waals surface area contributed by atoms with E-state index in [4.69, 9.17) is 23.2 Å². The van der Waals surface area contributed by atoms with Crippen molar-refractivity contribution >= 4 is 91.0 Å². The van der Waals surface area contributed by atoms with Crippen molar-refractivity contribution in [2.75, 3.05) is 0 Å². The maximum absolute atomic E-state index is 10.5. The van der Waals surface area contributed by atoms with E-state index in [0.717, 1.165) is 13.8 Å². The molecule has 0 N–H and O–H groups in total. The van der Waals surface area contributed by atoms with E-state index >= 15 is 0 Å². The van der Waals surface area contributed by atoms with Crippen LogP contribution < -0.4 is 10.2 Å². The van der Waals surface area contributed by atoms with Gasteiger partial charge in [0.05, 0.1) is 0 Å². The molecule has 0 radical (unpaired) electrons. The number of carbonyl (C=O) groups is 4. The van der Waals surface area contributed by atoms with Crippen LogP contribution in [0.4, 0.5) is 0 Å². The summed E-state index contributed by atoms with van der Waals surface area (Å²) in [4.78, 5) is 41.6. The van der Waals surface area contributed by atoms with Gasteiger partial charge in [-0.3, -0.25) is 19.2 Å². The Morgan fingerprint density at radius 3 is 1.05 bits per heavy atom. The molecule has 0 bridgehead atoms. The molecule has 0 aliphatic carbocycles. The second-order valence-corrected chi connectivity index (χ2v) is 4.86. The van der Waals surface area contributed by atoms with Gasteiger partial charge in [-0.15, -0.1) is 23.2 Å². The van der Waals surface area contributed by atoms with E-state index in [2.05, 4.69) is 24.4 Å². The van der Waals surface area contributed by atoms with Crippen LogP contribution in [0, 0.1) is 0 Å². The second-order valence-electron chi connectivity index (χ2n) is 3.25. The third-order valence-electron chi connectivity index (χ3n) is 1.58. The van der Waals surface area contributed by atoms with E-state index in [1.807, 2.05) is 0 Å². The fourth-order valence-corrected chi connectivity index (χ4v) is 1.14. The third kappa shape index (κ3) is 10.6. The first-order valence-electron chi connectivity index (χ1n) is 4.72. The van der Waals surface area contributed by atoms with Crippen molar-refractivity contribution in [3.63, 3.8) is 0 Å². The summed E-state index contributed by atoms with van der Waals surface area (Å²) in [7, 11) is 0. The van der Waals surface area contributed by atoms with Gasteiger partial charge in [0, 0.05) is 10.1 Å². The number of halogens is 2. The Morgan fingerprint density at radius 1 is 0.810 bits per heavy atom. The summed E-state index contributed by atoms with van der Waals surface area (Å²) in [5.41, 5.74) is 0. The standard InChI is InChI=1S/2C5H5ClO3S.Be/c2*1-2(7)3(6)4(8)5(9)10;/h2*3H,1H3,(H,9,10);/q;;+2/p-2. The fourth-order valence-electron chi connectivity index (χ4n) is 0.576. The maximum atomic E-state index is 10.5. The molecule has 0 spiro atoms. The van der Waals surface area contributed by atoms with Crippen molar-refractivity contribution in [2.45, 2.75) is 24.6 Å². The fraction of sp³-hybridized carbons (Fsp3) is 0.400. The minimum absolute atomic E-state index is 0. The van der Waals surface area contributed by atoms with Crippen molar-refractivity contribution in [2.24, 2.45) is 0 Å². The van der Waals surface area contributed by atoms with Gasteiger partial charge in [0.25, 0.3) is 0 Å². The largest absolute Gasteiger partial charge is 2.00 e. The molecule has 0 heterocycles. The normalized spacial score (nSPS) is 11.6. The molecule has 0 aromatic carbocycles. The van der Waals surface area contributed by atoms with Crippen LogP contribution in [-0.2, 0) is 19.2 Å². The molecular weight excluding hydrogens is 360 g/mol. The molecule has 0 amide bonds. The van der Waals surface area contributed by atoms with Crippen LogP contribution in [0.5, 0.6) is 0 Å². The third-order valence-corrected chi connectivity index (χ3v) is 2.99. The number of Topliss-reactive ketones (excluding diaryl/α,β-unsaturated/α-hetero) is 4. The Balaban J connectivity index is -0.000000295. The van der Waals surface area contributed by atoms with Crippen molar-refractivity contribution in [3.8, 4) is 0 Å². The Kier molecular flexibility index (Phi) is 14.2. The number of rotatable bonds is 6.